The molecule has 1 atom stereocenters. The third kappa shape index (κ3) is 2.00. The second-order valence-electron chi connectivity index (χ2n) is 3.12. The first-order valence-corrected chi connectivity index (χ1v) is 5.50. The molecular weight excluding hydrogens is 212 g/mol. The highest BCUT2D eigenvalue weighted by atomic mass is 32.2. The first-order chi connectivity index (χ1) is 7.20. The molecule has 2 rings (SSSR count). The molecule has 0 amide bonds. The van der Waals surface area contributed by atoms with E-state index in [0.29, 0.717) is 4.90 Å². The lowest BCUT2D eigenvalue weighted by atomic mass is 10.1. The van der Waals surface area contributed by atoms with E-state index in [9.17, 15) is 4.21 Å². The minimum absolute atomic E-state index is 0.410. The maximum atomic E-state index is 10.9. The molecule has 0 aliphatic rings. The Bertz CT molecular complexity index is 522. The van der Waals surface area contributed by atoms with Crippen LogP contribution in [0.1, 0.15) is 0 Å². The summed E-state index contributed by atoms with van der Waals surface area (Å²) in [5.74, 6) is 0.778. The number of rotatable bonds is 2. The molecule has 4 heteroatoms. The highest BCUT2D eigenvalue weighted by Gasteiger charge is 2.02. The van der Waals surface area contributed by atoms with Crippen molar-refractivity contribution in [2.75, 3.05) is 7.11 Å². The van der Waals surface area contributed by atoms with Gasteiger partial charge in [-0.25, -0.2) is 4.21 Å². The van der Waals surface area contributed by atoms with Crippen LogP contribution < -0.4 is 4.74 Å². The van der Waals surface area contributed by atoms with Crippen LogP contribution in [-0.4, -0.2) is 15.9 Å². The van der Waals surface area contributed by atoms with E-state index in [-0.39, 0.29) is 0 Å². The summed E-state index contributed by atoms with van der Waals surface area (Å²) < 4.78 is 24.9. The maximum Gasteiger partial charge on any atom is 0.186 e. The zero-order valence-corrected chi connectivity index (χ0v) is 8.95. The van der Waals surface area contributed by atoms with Crippen molar-refractivity contribution in [3.8, 4) is 5.75 Å². The van der Waals surface area contributed by atoms with Crippen molar-refractivity contribution in [2.24, 2.45) is 0 Å². The number of benzene rings is 2. The Morgan fingerprint density at radius 2 is 1.80 bits per heavy atom. The molecule has 3 nitrogen and oxygen atoms in total. The van der Waals surface area contributed by atoms with Crippen LogP contribution in [0.25, 0.3) is 10.8 Å². The Labute approximate surface area is 90.0 Å². The molecule has 15 heavy (non-hydrogen) atoms. The van der Waals surface area contributed by atoms with E-state index in [1.807, 2.05) is 18.2 Å². The fourth-order valence-corrected chi connectivity index (χ4v) is 1.85. The van der Waals surface area contributed by atoms with Crippen molar-refractivity contribution < 1.29 is 13.5 Å². The summed E-state index contributed by atoms with van der Waals surface area (Å²) in [6.07, 6.45) is 0. The van der Waals surface area contributed by atoms with Crippen LogP contribution in [-0.2, 0) is 11.1 Å². The van der Waals surface area contributed by atoms with Gasteiger partial charge >= 0.3 is 0 Å². The Hall–Kier alpha value is -1.39. The van der Waals surface area contributed by atoms with E-state index in [2.05, 4.69) is 0 Å². The fourth-order valence-electron chi connectivity index (χ4n) is 1.44. The largest absolute Gasteiger partial charge is 0.497 e. The minimum atomic E-state index is -1.92. The number of ether oxygens (including phenoxy) is 1. The Kier molecular flexibility index (Phi) is 2.70. The SMILES string of the molecule is COc1ccc2cc(S(=O)O)ccc2c1. The van der Waals surface area contributed by atoms with Gasteiger partial charge in [0.25, 0.3) is 0 Å². The van der Waals surface area contributed by atoms with Gasteiger partial charge in [0, 0.05) is 0 Å². The number of hydrogen-bond donors (Lipinski definition) is 1. The van der Waals surface area contributed by atoms with Crippen LogP contribution in [0, 0.1) is 0 Å². The third-order valence-electron chi connectivity index (χ3n) is 2.22. The molecule has 0 aromatic heterocycles. The van der Waals surface area contributed by atoms with Gasteiger partial charge in [-0.1, -0.05) is 12.1 Å². The molecule has 0 radical (unpaired) electrons. The van der Waals surface area contributed by atoms with E-state index in [4.69, 9.17) is 9.29 Å². The summed E-state index contributed by atoms with van der Waals surface area (Å²) in [6, 6.07) is 10.7. The first-order valence-electron chi connectivity index (χ1n) is 4.39. The molecular formula is C11H10O3S. The summed E-state index contributed by atoms with van der Waals surface area (Å²) in [7, 11) is 1.61. The van der Waals surface area contributed by atoms with Gasteiger partial charge < -0.3 is 9.29 Å². The highest BCUT2D eigenvalue weighted by molar-refractivity contribution is 7.79. The fraction of sp³-hybridized carbons (Fsp3) is 0.0909. The average molecular weight is 222 g/mol. The van der Waals surface area contributed by atoms with Crippen LogP contribution in [0.15, 0.2) is 41.3 Å². The van der Waals surface area contributed by atoms with Crippen LogP contribution in [0.5, 0.6) is 5.75 Å². The van der Waals surface area contributed by atoms with Gasteiger partial charge in [0.1, 0.15) is 5.75 Å². The molecule has 0 saturated heterocycles. The van der Waals surface area contributed by atoms with E-state index in [1.165, 1.54) is 0 Å². The molecule has 0 aliphatic carbocycles. The molecule has 0 aliphatic heterocycles. The molecule has 0 saturated carbocycles. The molecule has 0 fully saturated rings. The molecule has 1 unspecified atom stereocenters. The van der Waals surface area contributed by atoms with E-state index >= 15 is 0 Å². The molecule has 2 aromatic rings. The molecule has 2 aromatic carbocycles. The Balaban J connectivity index is 2.59. The lowest BCUT2D eigenvalue weighted by Gasteiger charge is -2.03. The van der Waals surface area contributed by atoms with Crippen LogP contribution in [0.2, 0.25) is 0 Å². The van der Waals surface area contributed by atoms with Crippen molar-refractivity contribution in [1.29, 1.82) is 0 Å². The minimum Gasteiger partial charge on any atom is -0.497 e. The van der Waals surface area contributed by atoms with Gasteiger partial charge in [0.15, 0.2) is 11.1 Å². The van der Waals surface area contributed by atoms with Gasteiger partial charge in [-0.3, -0.25) is 0 Å². The van der Waals surface area contributed by atoms with E-state index in [1.54, 1.807) is 25.3 Å². The topological polar surface area (TPSA) is 46.5 Å². The van der Waals surface area contributed by atoms with Crippen molar-refractivity contribution in [3.63, 3.8) is 0 Å². The highest BCUT2D eigenvalue weighted by Crippen LogP contribution is 2.22. The third-order valence-corrected chi connectivity index (χ3v) is 2.88. The Morgan fingerprint density at radius 3 is 2.47 bits per heavy atom. The first kappa shape index (κ1) is 10.1. The van der Waals surface area contributed by atoms with Gasteiger partial charge in [0.05, 0.1) is 12.0 Å². The molecule has 78 valence electrons. The summed E-state index contributed by atoms with van der Waals surface area (Å²) in [5.41, 5.74) is 0. The molecule has 0 spiro atoms. The molecule has 1 N–H and O–H groups in total. The predicted octanol–water partition coefficient (Wildman–Crippen LogP) is 2.43. The van der Waals surface area contributed by atoms with E-state index in [0.717, 1.165) is 16.5 Å². The number of methoxy groups -OCH3 is 1. The summed E-state index contributed by atoms with van der Waals surface area (Å²) in [6.45, 7) is 0. The van der Waals surface area contributed by atoms with Crippen LogP contribution in [0.3, 0.4) is 0 Å². The molecule has 0 bridgehead atoms. The predicted molar refractivity (Wildman–Crippen MR) is 59.5 cm³/mol. The van der Waals surface area contributed by atoms with Crippen molar-refractivity contribution in [1.82, 2.24) is 0 Å². The molecule has 0 heterocycles. The second kappa shape index (κ2) is 4.00. The smallest absolute Gasteiger partial charge is 0.186 e. The number of hydrogen-bond acceptors (Lipinski definition) is 2. The van der Waals surface area contributed by atoms with E-state index < -0.39 is 11.1 Å². The Morgan fingerprint density at radius 1 is 1.13 bits per heavy atom. The van der Waals surface area contributed by atoms with Crippen molar-refractivity contribution in [3.05, 3.63) is 36.4 Å². The van der Waals surface area contributed by atoms with Crippen LogP contribution >= 0.6 is 0 Å². The summed E-state index contributed by atoms with van der Waals surface area (Å²) in [4.78, 5) is 0.410. The summed E-state index contributed by atoms with van der Waals surface area (Å²) in [5, 5.41) is 1.92. The average Bonchev–Trinajstić information content (AvgIpc) is 2.27. The lowest BCUT2D eigenvalue weighted by molar-refractivity contribution is 0.415. The monoisotopic (exact) mass is 222 g/mol. The zero-order chi connectivity index (χ0) is 10.8. The van der Waals surface area contributed by atoms with Gasteiger partial charge in [-0.05, 0) is 35.0 Å². The zero-order valence-electron chi connectivity index (χ0n) is 8.14. The van der Waals surface area contributed by atoms with Crippen molar-refractivity contribution >= 4 is 21.9 Å². The second-order valence-corrected chi connectivity index (χ2v) is 4.09. The quantitative estimate of drug-likeness (QED) is 0.794. The number of fused-ring (bicyclic) bond motifs is 1. The lowest BCUT2D eigenvalue weighted by Crippen LogP contribution is -1.88. The van der Waals surface area contributed by atoms with Gasteiger partial charge in [0.2, 0.25) is 0 Å². The van der Waals surface area contributed by atoms with Crippen molar-refractivity contribution in [2.45, 2.75) is 4.90 Å². The summed E-state index contributed by atoms with van der Waals surface area (Å²) >= 11 is -1.92. The van der Waals surface area contributed by atoms with Crippen LogP contribution in [0.4, 0.5) is 0 Å². The van der Waals surface area contributed by atoms with Gasteiger partial charge in [-0.2, -0.15) is 0 Å². The normalized spacial score (nSPS) is 12.7. The maximum absolute atomic E-state index is 10.9. The standard InChI is InChI=1S/C11H10O3S/c1-14-10-4-2-9-7-11(15(12)13)5-3-8(9)6-10/h2-7H,1H3,(H,12,13). The van der Waals surface area contributed by atoms with Gasteiger partial charge in [-0.15, -0.1) is 0 Å².